The van der Waals surface area contributed by atoms with E-state index in [2.05, 4.69) is 43.5 Å². The number of likely N-dealkylation sites (tertiary alicyclic amines) is 1. The van der Waals surface area contributed by atoms with E-state index >= 15 is 0 Å². The fourth-order valence-corrected chi connectivity index (χ4v) is 6.23. The Kier molecular flexibility index (Phi) is 6.88. The Morgan fingerprint density at radius 3 is 2.90 bits per heavy atom. The molecule has 2 N–H and O–H groups in total. The Morgan fingerprint density at radius 2 is 1.98 bits per heavy atom. The Hall–Kier alpha value is -4.24. The zero-order valence-electron chi connectivity index (χ0n) is 23.1. The quantitative estimate of drug-likeness (QED) is 0.242. The maximum atomic E-state index is 14.6. The molecule has 3 aromatic carbocycles. The van der Waals surface area contributed by atoms with Crippen molar-refractivity contribution in [2.75, 3.05) is 20.3 Å². The van der Waals surface area contributed by atoms with Gasteiger partial charge >= 0.3 is 0 Å². The van der Waals surface area contributed by atoms with Crippen LogP contribution in [0.1, 0.15) is 42.6 Å². The zero-order chi connectivity index (χ0) is 27.8. The molecule has 7 rings (SSSR count). The van der Waals surface area contributed by atoms with Crippen LogP contribution in [-0.4, -0.2) is 56.6 Å². The van der Waals surface area contributed by atoms with Crippen molar-refractivity contribution >= 4 is 10.9 Å². The molecule has 2 aromatic heterocycles. The van der Waals surface area contributed by atoms with E-state index in [1.807, 2.05) is 24.3 Å². The van der Waals surface area contributed by atoms with E-state index in [4.69, 9.17) is 14.5 Å². The largest absolute Gasteiger partial charge is 0.496 e. The monoisotopic (exact) mass is 552 g/mol. The molecule has 2 aliphatic rings. The molecule has 41 heavy (non-hydrogen) atoms. The molecule has 2 aliphatic heterocycles. The molecule has 9 heteroatoms. The minimum absolute atomic E-state index is 0.212. The first-order valence-corrected chi connectivity index (χ1v) is 14.4. The van der Waals surface area contributed by atoms with Crippen LogP contribution < -0.4 is 9.47 Å². The number of methoxy groups -OCH3 is 1. The van der Waals surface area contributed by atoms with Crippen LogP contribution in [0.2, 0.25) is 0 Å². The van der Waals surface area contributed by atoms with E-state index in [0.717, 1.165) is 84.6 Å². The summed E-state index contributed by atoms with van der Waals surface area (Å²) < 4.78 is 25.8. The number of nitrogens with zero attached hydrogens (tertiary/aromatic N) is 4. The Balaban J connectivity index is 1.07. The minimum Gasteiger partial charge on any atom is -0.496 e. The standard InChI is InChI=1S/C32H33FN6O2/c1-40-29-7-4-6-26(33)25(29)19-39-15-3-2-5-23(39)10-13-30-34-32(38-36-30)22-8-11-27-24(18-22)31(37-35-27)21-9-12-28-20(17-21)14-16-41-28/h4,6-9,11-12,17-18,23H,2-3,5,10,13-16,19H2,1H3,(H,35,37)(H,34,36,38). The van der Waals surface area contributed by atoms with Crippen molar-refractivity contribution in [2.24, 2.45) is 0 Å². The van der Waals surface area contributed by atoms with Crippen LogP contribution in [0.3, 0.4) is 0 Å². The van der Waals surface area contributed by atoms with E-state index in [0.29, 0.717) is 29.7 Å². The number of aryl methyl sites for hydroxylation is 1. The number of hydrogen-bond donors (Lipinski definition) is 2. The summed E-state index contributed by atoms with van der Waals surface area (Å²) in [7, 11) is 1.60. The summed E-state index contributed by atoms with van der Waals surface area (Å²) in [5, 5.41) is 16.5. The van der Waals surface area contributed by atoms with Crippen molar-refractivity contribution in [2.45, 2.75) is 51.1 Å². The summed E-state index contributed by atoms with van der Waals surface area (Å²) in [4.78, 5) is 7.23. The van der Waals surface area contributed by atoms with Crippen LogP contribution >= 0.6 is 0 Å². The van der Waals surface area contributed by atoms with Gasteiger partial charge in [-0.05, 0) is 79.9 Å². The molecule has 0 spiro atoms. The lowest BCUT2D eigenvalue weighted by Gasteiger charge is -2.36. The number of aromatic amines is 2. The van der Waals surface area contributed by atoms with Crippen LogP contribution in [0.15, 0.2) is 54.6 Å². The third-order valence-corrected chi connectivity index (χ3v) is 8.44. The van der Waals surface area contributed by atoms with Crippen LogP contribution in [0.25, 0.3) is 33.5 Å². The van der Waals surface area contributed by atoms with Crippen molar-refractivity contribution in [1.29, 1.82) is 0 Å². The Bertz CT molecular complexity index is 1700. The second kappa shape index (κ2) is 11.0. The topological polar surface area (TPSA) is 91.9 Å². The summed E-state index contributed by atoms with van der Waals surface area (Å²) in [5.74, 6) is 2.90. The van der Waals surface area contributed by atoms with E-state index in [1.54, 1.807) is 13.2 Å². The van der Waals surface area contributed by atoms with E-state index in [1.165, 1.54) is 18.1 Å². The van der Waals surface area contributed by atoms with Crippen LogP contribution in [-0.2, 0) is 19.4 Å². The van der Waals surface area contributed by atoms with Gasteiger partial charge in [0, 0.05) is 47.5 Å². The molecule has 1 fully saturated rings. The number of ether oxygens (including phenoxy) is 2. The summed E-state index contributed by atoms with van der Waals surface area (Å²) in [5.41, 5.74) is 5.75. The molecular weight excluding hydrogens is 519 g/mol. The molecule has 0 radical (unpaired) electrons. The highest BCUT2D eigenvalue weighted by Gasteiger charge is 2.25. The summed E-state index contributed by atoms with van der Waals surface area (Å²) in [6.07, 6.45) is 6.02. The maximum absolute atomic E-state index is 14.6. The number of nitrogens with one attached hydrogen (secondary N) is 2. The van der Waals surface area contributed by atoms with E-state index in [-0.39, 0.29) is 5.82 Å². The lowest BCUT2D eigenvalue weighted by atomic mass is 9.97. The molecule has 0 bridgehead atoms. The second-order valence-corrected chi connectivity index (χ2v) is 10.9. The van der Waals surface area contributed by atoms with E-state index in [9.17, 15) is 4.39 Å². The SMILES string of the molecule is COc1cccc(F)c1CN1CCCCC1CCc1nc(-c2ccc3[nH]nc(-c4ccc5c(c4)CCO5)c3c2)n[nH]1. The molecule has 1 unspecified atom stereocenters. The Labute approximate surface area is 237 Å². The van der Waals surface area contributed by atoms with Crippen molar-refractivity contribution in [3.8, 4) is 34.1 Å². The predicted octanol–water partition coefficient (Wildman–Crippen LogP) is 6.08. The fraction of sp³-hybridized carbons (Fsp3) is 0.344. The van der Waals surface area contributed by atoms with Gasteiger partial charge in [-0.1, -0.05) is 12.5 Å². The highest BCUT2D eigenvalue weighted by atomic mass is 19.1. The molecule has 1 atom stereocenters. The van der Waals surface area contributed by atoms with Gasteiger partial charge in [0.05, 0.1) is 24.9 Å². The van der Waals surface area contributed by atoms with E-state index < -0.39 is 0 Å². The zero-order valence-corrected chi connectivity index (χ0v) is 23.1. The van der Waals surface area contributed by atoms with Crippen molar-refractivity contribution in [3.63, 3.8) is 0 Å². The predicted molar refractivity (Wildman–Crippen MR) is 155 cm³/mol. The molecule has 5 aromatic rings. The first-order chi connectivity index (χ1) is 20.2. The fourth-order valence-electron chi connectivity index (χ4n) is 6.23. The Morgan fingerprint density at radius 1 is 1.05 bits per heavy atom. The van der Waals surface area contributed by atoms with Gasteiger partial charge in [-0.15, -0.1) is 0 Å². The number of aromatic nitrogens is 5. The number of hydrogen-bond acceptors (Lipinski definition) is 6. The van der Waals surface area contributed by atoms with Gasteiger partial charge in [0.25, 0.3) is 0 Å². The highest BCUT2D eigenvalue weighted by molar-refractivity contribution is 5.95. The molecule has 0 saturated carbocycles. The first-order valence-electron chi connectivity index (χ1n) is 14.4. The van der Waals surface area contributed by atoms with Crippen molar-refractivity contribution < 1.29 is 13.9 Å². The summed E-state index contributed by atoms with van der Waals surface area (Å²) >= 11 is 0. The molecule has 1 saturated heterocycles. The molecule has 0 aliphatic carbocycles. The lowest BCUT2D eigenvalue weighted by Crippen LogP contribution is -2.39. The number of H-pyrrole nitrogens is 2. The van der Waals surface area contributed by atoms with Gasteiger partial charge < -0.3 is 9.47 Å². The average Bonchev–Trinajstić information content (AvgIpc) is 3.76. The van der Waals surface area contributed by atoms with Gasteiger partial charge in [0.1, 0.15) is 23.1 Å². The van der Waals surface area contributed by atoms with Crippen LogP contribution in [0.4, 0.5) is 4.39 Å². The van der Waals surface area contributed by atoms with Crippen LogP contribution in [0, 0.1) is 5.82 Å². The van der Waals surface area contributed by atoms with Gasteiger partial charge in [-0.25, -0.2) is 9.37 Å². The molecule has 210 valence electrons. The van der Waals surface area contributed by atoms with Crippen LogP contribution in [0.5, 0.6) is 11.5 Å². The summed E-state index contributed by atoms with van der Waals surface area (Å²) in [6, 6.07) is 17.8. The van der Waals surface area contributed by atoms with Gasteiger partial charge in [0.2, 0.25) is 0 Å². The third-order valence-electron chi connectivity index (χ3n) is 8.44. The first kappa shape index (κ1) is 25.7. The maximum Gasteiger partial charge on any atom is 0.181 e. The normalized spacial score (nSPS) is 17.1. The average molecular weight is 553 g/mol. The number of benzene rings is 3. The third kappa shape index (κ3) is 5.06. The molecule has 0 amide bonds. The number of halogens is 1. The number of piperidine rings is 1. The minimum atomic E-state index is -0.212. The number of rotatable bonds is 8. The molecular formula is C32H33FN6O2. The smallest absolute Gasteiger partial charge is 0.181 e. The summed E-state index contributed by atoms with van der Waals surface area (Å²) in [6.45, 7) is 2.23. The van der Waals surface area contributed by atoms with Gasteiger partial charge in [-0.3, -0.25) is 15.1 Å². The molecule has 4 heterocycles. The van der Waals surface area contributed by atoms with Crippen molar-refractivity contribution in [3.05, 3.63) is 77.4 Å². The van der Waals surface area contributed by atoms with Gasteiger partial charge in [-0.2, -0.15) is 10.2 Å². The molecule has 8 nitrogen and oxygen atoms in total. The second-order valence-electron chi connectivity index (χ2n) is 10.9. The van der Waals surface area contributed by atoms with Gasteiger partial charge in [0.15, 0.2) is 5.82 Å². The number of fused-ring (bicyclic) bond motifs is 2. The lowest BCUT2D eigenvalue weighted by molar-refractivity contribution is 0.129. The highest BCUT2D eigenvalue weighted by Crippen LogP contribution is 2.34. The van der Waals surface area contributed by atoms with Crippen molar-refractivity contribution in [1.82, 2.24) is 30.3 Å².